The van der Waals surface area contributed by atoms with Crippen molar-refractivity contribution in [2.75, 3.05) is 17.1 Å². The van der Waals surface area contributed by atoms with Crippen LogP contribution in [-0.4, -0.2) is 26.4 Å². The Morgan fingerprint density at radius 1 is 1.06 bits per heavy atom. The summed E-state index contributed by atoms with van der Waals surface area (Å²) in [5.41, 5.74) is 2.73. The molecule has 0 unspecified atom stereocenters. The van der Waals surface area contributed by atoms with E-state index in [2.05, 4.69) is 15.0 Å². The molecule has 4 aromatic rings. The third-order valence-electron chi connectivity index (χ3n) is 4.96. The zero-order chi connectivity index (χ0) is 24.3. The average Bonchev–Trinajstić information content (AvgIpc) is 3.28. The smallest absolute Gasteiger partial charge is 0.261 e. The number of nitrogens with one attached hydrogen (secondary N) is 2. The summed E-state index contributed by atoms with van der Waals surface area (Å²) >= 11 is 1.25. The predicted octanol–water partition coefficient (Wildman–Crippen LogP) is 5.32. The molecule has 0 radical (unpaired) electrons. The predicted molar refractivity (Wildman–Crippen MR) is 130 cm³/mol. The van der Waals surface area contributed by atoms with Gasteiger partial charge in [-0.05, 0) is 67.1 Å². The van der Waals surface area contributed by atoms with Crippen LogP contribution in [0.15, 0.2) is 77.0 Å². The first kappa shape index (κ1) is 23.4. The number of hydrogen-bond donors (Lipinski definition) is 2. The van der Waals surface area contributed by atoms with Crippen LogP contribution in [-0.2, 0) is 10.0 Å². The monoisotopic (exact) mass is 497 g/mol. The molecule has 0 aliphatic rings. The van der Waals surface area contributed by atoms with Crippen LogP contribution in [0.5, 0.6) is 5.75 Å². The lowest BCUT2D eigenvalue weighted by atomic mass is 10.1. The van der Waals surface area contributed by atoms with E-state index < -0.39 is 21.7 Å². The molecular formula is C24H20FN3O4S2. The van der Waals surface area contributed by atoms with Crippen molar-refractivity contribution >= 4 is 38.1 Å². The molecule has 7 nitrogen and oxygen atoms in total. The van der Waals surface area contributed by atoms with E-state index in [1.807, 2.05) is 30.5 Å². The van der Waals surface area contributed by atoms with Gasteiger partial charge in [0, 0.05) is 10.9 Å². The summed E-state index contributed by atoms with van der Waals surface area (Å²) in [6.45, 7) is 1.93. The molecular weight excluding hydrogens is 477 g/mol. The maximum Gasteiger partial charge on any atom is 0.261 e. The minimum Gasteiger partial charge on any atom is -0.496 e. The lowest BCUT2D eigenvalue weighted by molar-refractivity contribution is 0.102. The van der Waals surface area contributed by atoms with Gasteiger partial charge in [-0.1, -0.05) is 12.1 Å². The number of sulfonamides is 1. The molecule has 3 aromatic carbocycles. The highest BCUT2D eigenvalue weighted by atomic mass is 32.2. The molecule has 2 N–H and O–H groups in total. The van der Waals surface area contributed by atoms with Gasteiger partial charge in [0.2, 0.25) is 0 Å². The highest BCUT2D eigenvalue weighted by molar-refractivity contribution is 7.92. The molecule has 0 atom stereocenters. The Bertz CT molecular complexity index is 1450. The Kier molecular flexibility index (Phi) is 6.62. The second-order valence-electron chi connectivity index (χ2n) is 7.28. The van der Waals surface area contributed by atoms with Gasteiger partial charge in [-0.25, -0.2) is 17.8 Å². The summed E-state index contributed by atoms with van der Waals surface area (Å²) in [5, 5.41) is 4.90. The number of aryl methyl sites for hydroxylation is 1. The van der Waals surface area contributed by atoms with Crippen LogP contribution in [0, 0.1) is 12.7 Å². The molecule has 1 amide bonds. The molecule has 0 saturated carbocycles. The highest BCUT2D eigenvalue weighted by Gasteiger charge is 2.19. The topological polar surface area (TPSA) is 97.4 Å². The fourth-order valence-electron chi connectivity index (χ4n) is 3.25. The summed E-state index contributed by atoms with van der Waals surface area (Å²) in [7, 11) is -2.41. The Morgan fingerprint density at radius 3 is 2.50 bits per heavy atom. The molecule has 0 fully saturated rings. The molecule has 1 aromatic heterocycles. The number of benzene rings is 3. The first-order chi connectivity index (χ1) is 16.3. The summed E-state index contributed by atoms with van der Waals surface area (Å²) in [4.78, 5) is 17.3. The number of nitrogens with zero attached hydrogens (tertiary/aromatic N) is 1. The maximum atomic E-state index is 13.2. The number of amides is 1. The van der Waals surface area contributed by atoms with E-state index in [-0.39, 0.29) is 16.1 Å². The fraction of sp³-hybridized carbons (Fsp3) is 0.0833. The van der Waals surface area contributed by atoms with Crippen molar-refractivity contribution < 1.29 is 22.3 Å². The van der Waals surface area contributed by atoms with Crippen molar-refractivity contribution in [3.63, 3.8) is 0 Å². The third kappa shape index (κ3) is 5.08. The van der Waals surface area contributed by atoms with E-state index in [0.717, 1.165) is 41.1 Å². The number of ether oxygens (including phenoxy) is 1. The number of halogens is 1. The van der Waals surface area contributed by atoms with Gasteiger partial charge in [-0.3, -0.25) is 14.8 Å². The summed E-state index contributed by atoms with van der Waals surface area (Å²) in [6.07, 6.45) is 0. The zero-order valence-corrected chi connectivity index (χ0v) is 19.8. The summed E-state index contributed by atoms with van der Waals surface area (Å²) < 4.78 is 46.2. The van der Waals surface area contributed by atoms with Gasteiger partial charge in [0.1, 0.15) is 11.6 Å². The zero-order valence-electron chi connectivity index (χ0n) is 18.2. The number of carbonyl (C=O) groups excluding carboxylic acids is 1. The van der Waals surface area contributed by atoms with Gasteiger partial charge in [0.15, 0.2) is 5.13 Å². The second kappa shape index (κ2) is 9.62. The van der Waals surface area contributed by atoms with Crippen molar-refractivity contribution in [2.45, 2.75) is 11.8 Å². The molecule has 0 aliphatic carbocycles. The Labute approximate surface area is 200 Å². The van der Waals surface area contributed by atoms with Gasteiger partial charge in [0.25, 0.3) is 15.9 Å². The first-order valence-electron chi connectivity index (χ1n) is 10.1. The molecule has 0 saturated heterocycles. The number of para-hydroxylation sites is 1. The second-order valence-corrected chi connectivity index (χ2v) is 9.82. The van der Waals surface area contributed by atoms with Gasteiger partial charge in [-0.2, -0.15) is 0 Å². The number of methoxy groups -OCH3 is 1. The molecule has 174 valence electrons. The quantitative estimate of drug-likeness (QED) is 0.360. The minimum atomic E-state index is -4.02. The van der Waals surface area contributed by atoms with Crippen molar-refractivity contribution in [2.24, 2.45) is 0 Å². The Morgan fingerprint density at radius 2 is 1.79 bits per heavy atom. The number of carbonyl (C=O) groups is 1. The van der Waals surface area contributed by atoms with E-state index in [4.69, 9.17) is 4.74 Å². The van der Waals surface area contributed by atoms with E-state index in [1.54, 1.807) is 19.2 Å². The Hall–Kier alpha value is -3.76. The van der Waals surface area contributed by atoms with Crippen LogP contribution in [0.2, 0.25) is 0 Å². The maximum absolute atomic E-state index is 13.2. The van der Waals surface area contributed by atoms with Crippen LogP contribution in [0.3, 0.4) is 0 Å². The largest absolute Gasteiger partial charge is 0.496 e. The third-order valence-corrected chi connectivity index (χ3v) is 7.09. The van der Waals surface area contributed by atoms with Gasteiger partial charge in [0.05, 0.1) is 29.0 Å². The molecule has 0 aliphatic heterocycles. The lowest BCUT2D eigenvalue weighted by Crippen LogP contribution is -2.18. The number of rotatable bonds is 7. The molecule has 0 bridgehead atoms. The molecule has 0 spiro atoms. The normalized spacial score (nSPS) is 11.1. The number of aromatic nitrogens is 1. The van der Waals surface area contributed by atoms with Gasteiger partial charge >= 0.3 is 0 Å². The molecule has 34 heavy (non-hydrogen) atoms. The number of anilines is 2. The summed E-state index contributed by atoms with van der Waals surface area (Å²) in [5.74, 6) is -0.303. The minimum absolute atomic E-state index is 0.0897. The number of hydrogen-bond acceptors (Lipinski definition) is 6. The van der Waals surface area contributed by atoms with Crippen LogP contribution < -0.4 is 14.8 Å². The highest BCUT2D eigenvalue weighted by Crippen LogP contribution is 2.29. The van der Waals surface area contributed by atoms with E-state index in [1.165, 1.54) is 23.5 Å². The van der Waals surface area contributed by atoms with E-state index >= 15 is 0 Å². The first-order valence-corrected chi connectivity index (χ1v) is 12.4. The molecule has 1 heterocycles. The molecule has 4 rings (SSSR count). The standard InChI is InChI=1S/C24H20FN3O4S2/c1-15-13-16(7-12-22(15)32-2)21-14-33-24(26-21)27-23(29)19-5-3-4-6-20(19)28-34(30,31)18-10-8-17(25)9-11-18/h3-14,28H,1-2H3,(H,26,27,29). The Balaban J connectivity index is 1.54. The number of thiazole rings is 1. The van der Waals surface area contributed by atoms with Gasteiger partial charge < -0.3 is 4.74 Å². The van der Waals surface area contributed by atoms with Crippen molar-refractivity contribution in [3.8, 4) is 17.0 Å². The molecule has 10 heteroatoms. The van der Waals surface area contributed by atoms with Crippen molar-refractivity contribution in [3.05, 3.63) is 89.1 Å². The van der Waals surface area contributed by atoms with E-state index in [0.29, 0.717) is 10.8 Å². The van der Waals surface area contributed by atoms with Crippen LogP contribution in [0.1, 0.15) is 15.9 Å². The summed E-state index contributed by atoms with van der Waals surface area (Å²) in [6, 6.07) is 16.3. The van der Waals surface area contributed by atoms with Crippen molar-refractivity contribution in [1.82, 2.24) is 4.98 Å². The van der Waals surface area contributed by atoms with Crippen LogP contribution in [0.25, 0.3) is 11.3 Å². The SMILES string of the molecule is COc1ccc(-c2csc(NC(=O)c3ccccc3NS(=O)(=O)c3ccc(F)cc3)n2)cc1C. The average molecular weight is 498 g/mol. The van der Waals surface area contributed by atoms with Crippen LogP contribution >= 0.6 is 11.3 Å². The fourth-order valence-corrected chi connectivity index (χ4v) is 5.05. The van der Waals surface area contributed by atoms with E-state index in [9.17, 15) is 17.6 Å². The lowest BCUT2D eigenvalue weighted by Gasteiger charge is -2.12. The van der Waals surface area contributed by atoms with Gasteiger partial charge in [-0.15, -0.1) is 11.3 Å². The van der Waals surface area contributed by atoms with Crippen LogP contribution in [0.4, 0.5) is 15.2 Å². The van der Waals surface area contributed by atoms with Crippen molar-refractivity contribution in [1.29, 1.82) is 0 Å².